The zero-order valence-corrected chi connectivity index (χ0v) is 24.1. The quantitative estimate of drug-likeness (QED) is 0.197. The first kappa shape index (κ1) is 27.4. The van der Waals surface area contributed by atoms with E-state index in [4.69, 9.17) is 18.9 Å². The number of unbranched alkanes of at least 4 members (excludes halogenated alkanes) is 3. The van der Waals surface area contributed by atoms with E-state index >= 15 is 0 Å². The Labute approximate surface area is 196 Å². The Balaban J connectivity index is 2.28. The molecule has 0 saturated carbocycles. The summed E-state index contributed by atoms with van der Waals surface area (Å²) in [6.45, 7) is 19.5. The van der Waals surface area contributed by atoms with Gasteiger partial charge in [0.2, 0.25) is 0 Å². The van der Waals surface area contributed by atoms with Gasteiger partial charge in [0.25, 0.3) is 0 Å². The van der Waals surface area contributed by atoms with Crippen LogP contribution in [0.2, 0.25) is 13.3 Å². The Morgan fingerprint density at radius 1 is 0.903 bits per heavy atom. The molecular weight excluding hydrogens is 495 g/mol. The van der Waals surface area contributed by atoms with E-state index in [1.54, 1.807) is 0 Å². The van der Waals surface area contributed by atoms with Crippen molar-refractivity contribution in [2.75, 3.05) is 6.61 Å². The average molecular weight is 542 g/mol. The fourth-order valence-electron chi connectivity index (χ4n) is 4.65. The number of ether oxygens (including phenoxy) is 4. The third kappa shape index (κ3) is 8.13. The summed E-state index contributed by atoms with van der Waals surface area (Å²) in [5, 5.41) is 0. The van der Waals surface area contributed by atoms with Crippen molar-refractivity contribution >= 4 is 18.4 Å². The Hall–Kier alpha value is 0.119. The zero-order valence-electron chi connectivity index (χ0n) is 21.2. The van der Waals surface area contributed by atoms with Gasteiger partial charge in [0.15, 0.2) is 0 Å². The predicted molar refractivity (Wildman–Crippen MR) is 131 cm³/mol. The Kier molecular flexibility index (Phi) is 10.6. The molecule has 0 unspecified atom stereocenters. The monoisotopic (exact) mass is 543 g/mol. The van der Waals surface area contributed by atoms with Crippen LogP contribution in [0.5, 0.6) is 0 Å². The minimum atomic E-state index is -2.45. The average Bonchev–Trinajstić information content (AvgIpc) is 3.03. The molecule has 0 aromatic rings. The van der Waals surface area contributed by atoms with Gasteiger partial charge >= 0.3 is 196 Å². The Morgan fingerprint density at radius 3 is 1.97 bits per heavy atom. The molecule has 2 rings (SSSR count). The van der Waals surface area contributed by atoms with Crippen molar-refractivity contribution in [2.24, 2.45) is 0 Å². The van der Waals surface area contributed by atoms with E-state index in [1.807, 2.05) is 27.7 Å². The van der Waals surface area contributed by atoms with Crippen molar-refractivity contribution in [3.63, 3.8) is 0 Å². The van der Waals surface area contributed by atoms with Gasteiger partial charge in [-0.3, -0.25) is 0 Å². The van der Waals surface area contributed by atoms with Crippen LogP contribution in [0.15, 0.2) is 16.2 Å². The van der Waals surface area contributed by atoms with Crippen LogP contribution in [0.25, 0.3) is 0 Å². The second kappa shape index (κ2) is 12.0. The van der Waals surface area contributed by atoms with E-state index in [1.165, 1.54) is 51.8 Å². The van der Waals surface area contributed by atoms with Crippen molar-refractivity contribution in [1.82, 2.24) is 0 Å². The second-order valence-corrected chi connectivity index (χ2v) is 23.3. The third-order valence-electron chi connectivity index (χ3n) is 6.48. The van der Waals surface area contributed by atoms with E-state index in [9.17, 15) is 0 Å². The predicted octanol–water partition coefficient (Wildman–Crippen LogP) is 6.96. The molecule has 31 heavy (non-hydrogen) atoms. The molecule has 2 aliphatic rings. The van der Waals surface area contributed by atoms with Gasteiger partial charge in [-0.1, -0.05) is 0 Å². The van der Waals surface area contributed by atoms with Crippen LogP contribution >= 0.6 is 0 Å². The molecule has 0 bridgehead atoms. The molecule has 4 nitrogen and oxygen atoms in total. The number of hydrogen-bond donors (Lipinski definition) is 0. The van der Waals surface area contributed by atoms with Crippen LogP contribution < -0.4 is 0 Å². The van der Waals surface area contributed by atoms with Crippen LogP contribution in [-0.4, -0.2) is 54.9 Å². The molecule has 0 N–H and O–H groups in total. The summed E-state index contributed by atoms with van der Waals surface area (Å²) < 4.78 is 31.6. The van der Waals surface area contributed by atoms with Gasteiger partial charge in [-0.05, 0) is 0 Å². The Morgan fingerprint density at radius 2 is 1.45 bits per heavy atom. The first-order valence-corrected chi connectivity index (χ1v) is 20.2. The van der Waals surface area contributed by atoms with Crippen LogP contribution in [-0.2, 0) is 18.9 Å². The maximum atomic E-state index is 6.35. The molecule has 1 radical (unpaired) electrons. The van der Waals surface area contributed by atoms with Gasteiger partial charge in [0.1, 0.15) is 0 Å². The van der Waals surface area contributed by atoms with Gasteiger partial charge in [-0.2, -0.15) is 0 Å². The van der Waals surface area contributed by atoms with Crippen molar-refractivity contribution in [2.45, 2.75) is 130 Å². The van der Waals surface area contributed by atoms with Crippen molar-refractivity contribution in [3.8, 4) is 0 Å². The SMILES string of the molecule is C=C1COC(C)(C)O[C@H]1[C@@H]1OC(C)(C)O[C@H]1[C]=[CH][Sn]([CH2]CCC)([CH2]CCC)[CH2]CCC. The number of hydrogen-bond acceptors (Lipinski definition) is 4. The summed E-state index contributed by atoms with van der Waals surface area (Å²) in [7, 11) is 0. The summed E-state index contributed by atoms with van der Waals surface area (Å²) in [4.78, 5) is 0. The van der Waals surface area contributed by atoms with E-state index in [-0.39, 0.29) is 18.3 Å². The fourth-order valence-corrected chi connectivity index (χ4v) is 18.6. The molecule has 2 fully saturated rings. The molecular formula is C26H47O4Sn. The maximum absolute atomic E-state index is 6.35. The zero-order chi connectivity index (χ0) is 23.1. The molecule has 2 heterocycles. The van der Waals surface area contributed by atoms with E-state index in [2.05, 4.69) is 37.5 Å². The molecule has 179 valence electrons. The Bertz CT molecular complexity index is 576. The summed E-state index contributed by atoms with van der Waals surface area (Å²) >= 11 is -2.45. The summed E-state index contributed by atoms with van der Waals surface area (Å²) in [5.74, 6) is -1.31. The van der Waals surface area contributed by atoms with E-state index in [0.717, 1.165) is 5.57 Å². The normalized spacial score (nSPS) is 28.5. The molecule has 0 aromatic heterocycles. The van der Waals surface area contributed by atoms with Crippen LogP contribution in [0.3, 0.4) is 0 Å². The van der Waals surface area contributed by atoms with Crippen LogP contribution in [0.4, 0.5) is 0 Å². The first-order valence-electron chi connectivity index (χ1n) is 12.5. The van der Waals surface area contributed by atoms with Crippen molar-refractivity contribution < 1.29 is 18.9 Å². The van der Waals surface area contributed by atoms with Gasteiger partial charge < -0.3 is 0 Å². The molecule has 5 heteroatoms. The van der Waals surface area contributed by atoms with Gasteiger partial charge in [0, 0.05) is 0 Å². The minimum absolute atomic E-state index is 0.230. The summed E-state index contributed by atoms with van der Waals surface area (Å²) in [5.41, 5.74) is 0.912. The molecule has 3 atom stereocenters. The molecule has 0 amide bonds. The molecule has 0 aromatic carbocycles. The van der Waals surface area contributed by atoms with Crippen LogP contribution in [0.1, 0.15) is 87.0 Å². The van der Waals surface area contributed by atoms with Crippen molar-refractivity contribution in [1.29, 1.82) is 0 Å². The van der Waals surface area contributed by atoms with Gasteiger partial charge in [0.05, 0.1) is 0 Å². The van der Waals surface area contributed by atoms with E-state index in [0.29, 0.717) is 6.61 Å². The standard InChI is InChI=1S/C14H20O4.3C4H9.Sn/c1-7-10-12(18-14(5,6)16-10)11-9(2)8-15-13(3,4)17-11;3*1-3-4-2;/h1,10-12H,2,8H2,3-6H3;3*1,3-4H2,2H3;/t10-,11+,12+;;;;/m0..../s1. The van der Waals surface area contributed by atoms with Crippen LogP contribution in [0, 0.1) is 6.08 Å². The number of rotatable bonds is 12. The summed E-state index contributed by atoms with van der Waals surface area (Å²) in [6.07, 6.45) is 10.9. The fraction of sp³-hybridized carbons (Fsp3) is 0.846. The van der Waals surface area contributed by atoms with E-state index < -0.39 is 30.0 Å². The molecule has 0 aliphatic carbocycles. The summed E-state index contributed by atoms with van der Waals surface area (Å²) in [6, 6.07) is 0. The topological polar surface area (TPSA) is 36.9 Å². The molecule has 0 spiro atoms. The molecule has 2 saturated heterocycles. The second-order valence-electron chi connectivity index (χ2n) is 10.4. The van der Waals surface area contributed by atoms with Gasteiger partial charge in [-0.15, -0.1) is 0 Å². The van der Waals surface area contributed by atoms with Gasteiger partial charge in [-0.25, -0.2) is 0 Å². The molecule has 2 aliphatic heterocycles. The van der Waals surface area contributed by atoms with Crippen molar-refractivity contribution in [3.05, 3.63) is 22.3 Å². The third-order valence-corrected chi connectivity index (χ3v) is 20.3. The first-order chi connectivity index (χ1) is 14.6.